The molecule has 10 unspecified atom stereocenters. The van der Waals surface area contributed by atoms with Gasteiger partial charge >= 0.3 is 36.6 Å². The summed E-state index contributed by atoms with van der Waals surface area (Å²) in [6.45, 7) is 50.8. The molecule has 149 heavy (non-hydrogen) atoms. The number of thioether (sulfide) groups is 1. The van der Waals surface area contributed by atoms with Crippen LogP contribution in [-0.4, -0.2) is 330 Å². The summed E-state index contributed by atoms with van der Waals surface area (Å²) in [5.74, 6) is 7.72. The zero-order chi connectivity index (χ0) is 111. The van der Waals surface area contributed by atoms with E-state index in [1.54, 1.807) is 0 Å². The van der Waals surface area contributed by atoms with Crippen LogP contribution >= 0.6 is 113 Å². The van der Waals surface area contributed by atoms with Crippen LogP contribution in [0.1, 0.15) is 304 Å². The molecule has 6 N–H and O–H groups in total. The Morgan fingerprint density at radius 3 is 0.577 bits per heavy atom. The van der Waals surface area contributed by atoms with E-state index >= 15 is 0 Å². The van der Waals surface area contributed by atoms with Crippen LogP contribution in [0.4, 0.5) is 28.8 Å². The maximum absolute atomic E-state index is 13.7. The highest BCUT2D eigenvalue weighted by atomic mass is 32.2. The molecule has 0 saturated heterocycles. The smallest absolute Gasteiger partial charge is 0.407 e. The Bertz CT molecular complexity index is 3400. The second kappa shape index (κ2) is 81.8. The lowest BCUT2D eigenvalue weighted by Crippen LogP contribution is -2.51. The summed E-state index contributed by atoms with van der Waals surface area (Å²) < 4.78 is 108. The van der Waals surface area contributed by atoms with Gasteiger partial charge in [0.15, 0.2) is 0 Å². The van der Waals surface area contributed by atoms with Gasteiger partial charge in [-0.1, -0.05) is 131 Å². The fourth-order valence-corrected chi connectivity index (χ4v) is 21.9. The lowest BCUT2D eigenvalue weighted by molar-refractivity contribution is -0.0572. The Morgan fingerprint density at radius 2 is 0.409 bits per heavy atom. The number of hydrogen-bond donors (Lipinski definition) is 14. The van der Waals surface area contributed by atoms with Crippen molar-refractivity contribution in [3.05, 3.63) is 0 Å². The van der Waals surface area contributed by atoms with E-state index in [-0.39, 0.29) is 90.3 Å². The maximum atomic E-state index is 13.7. The average Bonchev–Trinajstić information content (AvgIpc) is 0.800. The predicted molar refractivity (Wildman–Crippen MR) is 630 cm³/mol. The van der Waals surface area contributed by atoms with Crippen LogP contribution < -0.4 is 31.9 Å². The molecular formula is C110H212N6O24S9. The first-order valence-electron chi connectivity index (χ1n) is 56.0. The highest BCUT2D eigenvalue weighted by Crippen LogP contribution is 2.49. The normalized spacial score (nSPS) is 20.7. The molecule has 3 fully saturated rings. The number of amides is 6. The second-order valence-corrected chi connectivity index (χ2v) is 50.9. The third-order valence-electron chi connectivity index (χ3n) is 28.7. The topological polar surface area (TPSA) is 341 Å². The fraction of sp³-hybridized carbons (Fsp3) is 0.945. The molecule has 880 valence electrons. The largest absolute Gasteiger partial charge is 0.449 e. The van der Waals surface area contributed by atoms with Gasteiger partial charge in [-0.25, -0.2) is 28.8 Å². The van der Waals surface area contributed by atoms with E-state index in [0.29, 0.717) is 228 Å². The van der Waals surface area contributed by atoms with Gasteiger partial charge in [0.2, 0.25) is 0 Å². The van der Waals surface area contributed by atoms with E-state index in [9.17, 15) is 28.8 Å². The SMILES string of the molecule is CCCCOCC(CC)(COCCCS)COC(=O)NCC1(C)CC(NC(=O)OCC(CC)(COCCCS)COCCCS)CC(C)(C)C1.CCCCOCC(CC)(COCCCS)COC(=O)NCC1(C)CC(NC(=O)OCC(CC)(COCCCS)COCCCSCCCOCC(CC)(COCCCS)COC(=O)NCC2(C)CC(NC(=O)OCC(CC)(COCCCS)COCCCS)CC(C)(C)C2)CC(C)(C)C1. The van der Waals surface area contributed by atoms with Gasteiger partial charge in [0.1, 0.15) is 39.6 Å². The van der Waals surface area contributed by atoms with E-state index in [1.807, 2.05) is 11.8 Å². The number of rotatable bonds is 89. The lowest BCUT2D eigenvalue weighted by Gasteiger charge is -2.46. The quantitative estimate of drug-likeness (QED) is 0.0153. The highest BCUT2D eigenvalue weighted by Gasteiger charge is 2.48. The fourth-order valence-electron chi connectivity index (χ4n) is 20.1. The van der Waals surface area contributed by atoms with Crippen molar-refractivity contribution in [1.29, 1.82) is 0 Å². The standard InChI is InChI=1S/C73H140N4O16S6.C37H72N2O8S3/c1-12-17-25-82-48-70(13-2,49-83-26-18-33-94)56-90-62(78)74-46-68(10)43-61(41-67(8,9)44-68)77-65(81)93-59-73(16-5,53-87-30-22-37-98)55-89-32-24-39-99-38-23-31-88-54-71(14-3,50-84-27-19-34-95)57-91-63(79)75-47-69(11)42-60(40-66(6,7)45-69)76-64(80)92-58-72(15-4,51-85-28-20-35-96)52-86-29-21-36-97;1-7-10-14-42-25-36(8-2,26-43-15-11-18-48)29-46-32(40)38-24-35(6)22-31(21-34(4,5)23-35)39-33(41)47-30-37(9-3,27-44-16-12-19-49)28-45-17-13-20-50/h60-61,94-98H,12-59H2,1-11H3,(H,74,78)(H,75,79)(H,76,80)(H,77,81);31,48-50H,7-30H2,1-6H3,(H,38,40)(H,39,41). The molecule has 0 heterocycles. The van der Waals surface area contributed by atoms with Crippen molar-refractivity contribution >= 4 is 149 Å². The molecule has 0 radical (unpaired) electrons. The molecule has 3 saturated carbocycles. The number of nitrogens with one attached hydrogen (secondary N) is 6. The van der Waals surface area contributed by atoms with Crippen molar-refractivity contribution in [2.75, 3.05) is 275 Å². The summed E-state index contributed by atoms with van der Waals surface area (Å²) in [5, 5.41) is 18.7. The number of unbranched alkanes of at least 4 members (excludes halogenated alkanes) is 2. The Balaban J connectivity index is 0.00000125. The van der Waals surface area contributed by atoms with E-state index in [2.05, 4.69) is 251 Å². The third kappa shape index (κ3) is 65.1. The molecule has 30 nitrogen and oxygen atoms in total. The zero-order valence-corrected chi connectivity index (χ0v) is 103. The van der Waals surface area contributed by atoms with Crippen LogP contribution in [0, 0.1) is 65.0 Å². The van der Waals surface area contributed by atoms with Gasteiger partial charge < -0.3 is 117 Å². The molecule has 3 rings (SSSR count). The van der Waals surface area contributed by atoms with Crippen LogP contribution in [0.3, 0.4) is 0 Å². The van der Waals surface area contributed by atoms with Gasteiger partial charge in [0, 0.05) is 117 Å². The third-order valence-corrected chi connectivity index (χ3v) is 32.4. The average molecular weight is 2290 g/mol. The molecule has 0 aromatic rings. The van der Waals surface area contributed by atoms with Crippen molar-refractivity contribution in [3.8, 4) is 0 Å². The molecule has 39 heteroatoms. The first kappa shape index (κ1) is 143. The number of carbonyl (C=O) groups is 6. The van der Waals surface area contributed by atoms with Crippen molar-refractivity contribution in [3.63, 3.8) is 0 Å². The van der Waals surface area contributed by atoms with Gasteiger partial charge in [-0.3, -0.25) is 0 Å². The zero-order valence-electron chi connectivity index (χ0n) is 95.4. The van der Waals surface area contributed by atoms with Crippen molar-refractivity contribution in [2.24, 2.45) is 65.0 Å². The monoisotopic (exact) mass is 2290 g/mol. The highest BCUT2D eigenvalue weighted by molar-refractivity contribution is 7.99. The number of ether oxygens (including phenoxy) is 18. The van der Waals surface area contributed by atoms with Crippen LogP contribution in [0.2, 0.25) is 0 Å². The van der Waals surface area contributed by atoms with Gasteiger partial charge in [-0.05, 0) is 263 Å². The molecule has 0 aliphatic heterocycles. The molecule has 10 atom stereocenters. The van der Waals surface area contributed by atoms with E-state index in [4.69, 9.17) is 85.3 Å². The van der Waals surface area contributed by atoms with Gasteiger partial charge in [-0.15, -0.1) is 0 Å². The van der Waals surface area contributed by atoms with Crippen molar-refractivity contribution in [1.82, 2.24) is 31.9 Å². The first-order chi connectivity index (χ1) is 71.1. The van der Waals surface area contributed by atoms with Crippen LogP contribution in [0.15, 0.2) is 0 Å². The van der Waals surface area contributed by atoms with E-state index in [0.717, 1.165) is 194 Å². The Hall–Kier alpha value is -1.71. The summed E-state index contributed by atoms with van der Waals surface area (Å²) in [7, 11) is 0. The molecule has 0 bridgehead atoms. The summed E-state index contributed by atoms with van der Waals surface area (Å²) in [6.07, 6.45) is 20.9. The van der Waals surface area contributed by atoms with Gasteiger partial charge in [-0.2, -0.15) is 113 Å². The number of thiol groups is 8. The number of carbonyl (C=O) groups excluding carboxylic acids is 6. The summed E-state index contributed by atoms with van der Waals surface area (Å²) >= 11 is 36.4. The number of hydrogen-bond acceptors (Lipinski definition) is 33. The Labute approximate surface area is 950 Å². The summed E-state index contributed by atoms with van der Waals surface area (Å²) in [5.41, 5.74) is -4.04. The van der Waals surface area contributed by atoms with E-state index in [1.165, 1.54) is 0 Å². The maximum Gasteiger partial charge on any atom is 0.407 e. The molecule has 3 aliphatic carbocycles. The molecule has 0 aromatic carbocycles. The predicted octanol–water partition coefficient (Wildman–Crippen LogP) is 22.3. The molecule has 0 aromatic heterocycles. The van der Waals surface area contributed by atoms with Crippen LogP contribution in [0.25, 0.3) is 0 Å². The Morgan fingerprint density at radius 1 is 0.242 bits per heavy atom. The van der Waals surface area contributed by atoms with Crippen LogP contribution in [-0.2, 0) is 85.3 Å². The minimum absolute atomic E-state index is 0.0527. The Kier molecular flexibility index (Phi) is 78.7. The van der Waals surface area contributed by atoms with Crippen molar-refractivity contribution < 1.29 is 114 Å². The number of alkyl carbamates (subject to hydrolysis) is 6. The second-order valence-electron chi connectivity index (χ2n) is 46.1. The lowest BCUT2D eigenvalue weighted by atomic mass is 9.62. The summed E-state index contributed by atoms with van der Waals surface area (Å²) in [4.78, 5) is 80.3. The minimum atomic E-state index is -0.542. The molecule has 3 aliphatic rings. The molecular weight excluding hydrogens is 2080 g/mol. The summed E-state index contributed by atoms with van der Waals surface area (Å²) in [6, 6.07) is -0.427. The van der Waals surface area contributed by atoms with Crippen LogP contribution in [0.5, 0.6) is 0 Å². The molecule has 6 amide bonds. The van der Waals surface area contributed by atoms with Crippen molar-refractivity contribution in [2.45, 2.75) is 322 Å². The first-order valence-corrected chi connectivity index (χ1v) is 62.3. The van der Waals surface area contributed by atoms with E-state index < -0.39 is 69.0 Å². The molecule has 0 spiro atoms. The van der Waals surface area contributed by atoms with Gasteiger partial charge in [0.05, 0.1) is 112 Å². The van der Waals surface area contributed by atoms with Gasteiger partial charge in [0.25, 0.3) is 0 Å². The minimum Gasteiger partial charge on any atom is -0.449 e.